The van der Waals surface area contributed by atoms with Gasteiger partial charge in [0.15, 0.2) is 0 Å². The van der Waals surface area contributed by atoms with E-state index in [0.717, 1.165) is 54.3 Å². The van der Waals surface area contributed by atoms with Gasteiger partial charge < -0.3 is 9.30 Å². The standard InChI is InChI=1S/C22H20ClN5O/c23-17-8-6-16(7-9-17)21-18(28-13-2-1-5-20(28)24-21)15-27-14-10-19(25-22(27)29)26-11-3-4-12-26/h1-2,5-10,13-14H,3-4,11-12,15H2. The molecule has 5 rings (SSSR count). The van der Waals surface area contributed by atoms with E-state index < -0.39 is 0 Å². The van der Waals surface area contributed by atoms with Gasteiger partial charge >= 0.3 is 5.69 Å². The van der Waals surface area contributed by atoms with Crippen LogP contribution in [0.25, 0.3) is 16.9 Å². The van der Waals surface area contributed by atoms with Crippen LogP contribution < -0.4 is 10.6 Å². The van der Waals surface area contributed by atoms with E-state index in [0.29, 0.717) is 11.6 Å². The van der Waals surface area contributed by atoms with Crippen LogP contribution in [0, 0.1) is 0 Å². The summed E-state index contributed by atoms with van der Waals surface area (Å²) in [6, 6.07) is 15.4. The van der Waals surface area contributed by atoms with Gasteiger partial charge in [0.05, 0.1) is 17.9 Å². The zero-order valence-corrected chi connectivity index (χ0v) is 16.6. The molecule has 1 saturated heterocycles. The molecule has 0 spiro atoms. The Hall–Kier alpha value is -3.12. The van der Waals surface area contributed by atoms with Gasteiger partial charge in [-0.2, -0.15) is 4.98 Å². The van der Waals surface area contributed by atoms with Crippen molar-refractivity contribution in [2.75, 3.05) is 18.0 Å². The number of imidazole rings is 1. The van der Waals surface area contributed by atoms with E-state index in [4.69, 9.17) is 16.6 Å². The minimum Gasteiger partial charge on any atom is -0.356 e. The number of anilines is 1. The molecule has 146 valence electrons. The van der Waals surface area contributed by atoms with Gasteiger partial charge in [-0.25, -0.2) is 9.78 Å². The summed E-state index contributed by atoms with van der Waals surface area (Å²) in [5, 5.41) is 0.678. The number of fused-ring (bicyclic) bond motifs is 1. The summed E-state index contributed by atoms with van der Waals surface area (Å²) in [6.45, 7) is 2.31. The summed E-state index contributed by atoms with van der Waals surface area (Å²) in [4.78, 5) is 24.0. The Bertz CT molecular complexity index is 1220. The van der Waals surface area contributed by atoms with Crippen LogP contribution in [0.4, 0.5) is 5.82 Å². The van der Waals surface area contributed by atoms with Crippen LogP contribution in [0.2, 0.25) is 5.02 Å². The largest absolute Gasteiger partial charge is 0.356 e. The van der Waals surface area contributed by atoms with Crippen molar-refractivity contribution in [2.24, 2.45) is 0 Å². The highest BCUT2D eigenvalue weighted by atomic mass is 35.5. The summed E-state index contributed by atoms with van der Waals surface area (Å²) >= 11 is 6.05. The second kappa shape index (κ2) is 7.37. The molecule has 3 aromatic heterocycles. The monoisotopic (exact) mass is 405 g/mol. The molecule has 7 heteroatoms. The predicted molar refractivity (Wildman–Crippen MR) is 115 cm³/mol. The molecule has 4 heterocycles. The van der Waals surface area contributed by atoms with Crippen LogP contribution in [0.1, 0.15) is 18.5 Å². The highest BCUT2D eigenvalue weighted by Gasteiger charge is 2.17. The zero-order chi connectivity index (χ0) is 19.8. The normalized spacial score (nSPS) is 14.0. The first-order chi connectivity index (χ1) is 14.2. The molecule has 0 aliphatic carbocycles. The SMILES string of the molecule is O=c1nc(N2CCCC2)ccn1Cc1c(-c2ccc(Cl)cc2)nc2ccccn12. The molecule has 0 N–H and O–H groups in total. The molecule has 1 fully saturated rings. The van der Waals surface area contributed by atoms with Crippen LogP contribution in [-0.4, -0.2) is 32.0 Å². The van der Waals surface area contributed by atoms with Gasteiger partial charge in [-0.05, 0) is 43.2 Å². The van der Waals surface area contributed by atoms with Crippen molar-refractivity contribution >= 4 is 23.1 Å². The molecule has 29 heavy (non-hydrogen) atoms. The lowest BCUT2D eigenvalue weighted by Crippen LogP contribution is -2.28. The number of pyridine rings is 1. The van der Waals surface area contributed by atoms with Crippen molar-refractivity contribution in [3.8, 4) is 11.3 Å². The second-order valence-electron chi connectivity index (χ2n) is 7.23. The quantitative estimate of drug-likeness (QED) is 0.517. The summed E-state index contributed by atoms with van der Waals surface area (Å²) in [7, 11) is 0. The van der Waals surface area contributed by atoms with Crippen LogP contribution in [0.3, 0.4) is 0 Å². The molecule has 1 aliphatic heterocycles. The van der Waals surface area contributed by atoms with Crippen molar-refractivity contribution in [3.63, 3.8) is 0 Å². The van der Waals surface area contributed by atoms with Gasteiger partial charge in [-0.15, -0.1) is 0 Å². The van der Waals surface area contributed by atoms with Crippen LogP contribution in [0.15, 0.2) is 65.7 Å². The molecule has 0 amide bonds. The number of hydrogen-bond donors (Lipinski definition) is 0. The van der Waals surface area contributed by atoms with Gasteiger partial charge in [-0.3, -0.25) is 4.57 Å². The number of aromatic nitrogens is 4. The van der Waals surface area contributed by atoms with Crippen LogP contribution >= 0.6 is 11.6 Å². The van der Waals surface area contributed by atoms with E-state index in [-0.39, 0.29) is 5.69 Å². The summed E-state index contributed by atoms with van der Waals surface area (Å²) in [6.07, 6.45) is 6.10. The Morgan fingerprint density at radius 1 is 0.931 bits per heavy atom. The van der Waals surface area contributed by atoms with Gasteiger partial charge in [0.1, 0.15) is 11.5 Å². The van der Waals surface area contributed by atoms with Gasteiger partial charge in [-0.1, -0.05) is 29.8 Å². The Morgan fingerprint density at radius 3 is 2.48 bits per heavy atom. The van der Waals surface area contributed by atoms with E-state index in [2.05, 4.69) is 9.88 Å². The Labute approximate surface area is 173 Å². The topological polar surface area (TPSA) is 55.4 Å². The lowest BCUT2D eigenvalue weighted by molar-refractivity contribution is 0.702. The molecule has 0 radical (unpaired) electrons. The third kappa shape index (κ3) is 3.40. The van der Waals surface area contributed by atoms with Crippen molar-refractivity contribution in [1.29, 1.82) is 0 Å². The number of rotatable bonds is 4. The average Bonchev–Trinajstić information content (AvgIpc) is 3.39. The molecule has 4 aromatic rings. The maximum absolute atomic E-state index is 12.7. The smallest absolute Gasteiger partial charge is 0.349 e. The van der Waals surface area contributed by atoms with Crippen molar-refractivity contribution in [2.45, 2.75) is 19.4 Å². The summed E-state index contributed by atoms with van der Waals surface area (Å²) in [5.74, 6) is 0.764. The minimum absolute atomic E-state index is 0.248. The van der Waals surface area contributed by atoms with Gasteiger partial charge in [0.25, 0.3) is 0 Å². The lowest BCUT2D eigenvalue weighted by Gasteiger charge is -2.16. The van der Waals surface area contributed by atoms with Crippen LogP contribution in [0.5, 0.6) is 0 Å². The fourth-order valence-electron chi connectivity index (χ4n) is 3.86. The number of nitrogens with zero attached hydrogens (tertiary/aromatic N) is 5. The first kappa shape index (κ1) is 17.9. The Kier molecular flexibility index (Phi) is 4.56. The maximum atomic E-state index is 12.7. The third-order valence-electron chi connectivity index (χ3n) is 5.36. The molecule has 1 aromatic carbocycles. The summed E-state index contributed by atoms with van der Waals surface area (Å²) in [5.41, 5.74) is 3.32. The molecule has 0 saturated carbocycles. The van der Waals surface area contributed by atoms with Crippen molar-refractivity contribution in [1.82, 2.24) is 18.9 Å². The molecule has 0 atom stereocenters. The number of benzene rings is 1. The lowest BCUT2D eigenvalue weighted by atomic mass is 10.1. The minimum atomic E-state index is -0.248. The molecule has 6 nitrogen and oxygen atoms in total. The van der Waals surface area contributed by atoms with Crippen molar-refractivity contribution < 1.29 is 0 Å². The van der Waals surface area contributed by atoms with E-state index in [1.165, 1.54) is 0 Å². The number of hydrogen-bond acceptors (Lipinski definition) is 4. The highest BCUT2D eigenvalue weighted by Crippen LogP contribution is 2.26. The molecule has 0 unspecified atom stereocenters. The molecule has 0 bridgehead atoms. The fraction of sp³-hybridized carbons (Fsp3) is 0.227. The van der Waals surface area contributed by atoms with E-state index in [9.17, 15) is 4.79 Å². The fourth-order valence-corrected chi connectivity index (χ4v) is 3.99. The first-order valence-electron chi connectivity index (χ1n) is 9.73. The van der Waals surface area contributed by atoms with E-state index in [1.807, 2.05) is 65.3 Å². The van der Waals surface area contributed by atoms with Gasteiger partial charge in [0, 0.05) is 36.1 Å². The van der Waals surface area contributed by atoms with E-state index in [1.54, 1.807) is 4.57 Å². The molecular formula is C22H20ClN5O. The second-order valence-corrected chi connectivity index (χ2v) is 7.67. The zero-order valence-electron chi connectivity index (χ0n) is 15.8. The first-order valence-corrected chi connectivity index (χ1v) is 10.1. The van der Waals surface area contributed by atoms with Crippen molar-refractivity contribution in [3.05, 3.63) is 82.1 Å². The summed E-state index contributed by atoms with van der Waals surface area (Å²) < 4.78 is 3.65. The maximum Gasteiger partial charge on any atom is 0.349 e. The Balaban J connectivity index is 1.57. The van der Waals surface area contributed by atoms with Gasteiger partial charge in [0.2, 0.25) is 0 Å². The Morgan fingerprint density at radius 2 is 1.72 bits per heavy atom. The van der Waals surface area contributed by atoms with Crippen LogP contribution in [-0.2, 0) is 6.54 Å². The predicted octanol–water partition coefficient (Wildman–Crippen LogP) is 3.86. The molecular weight excluding hydrogens is 386 g/mol. The molecule has 1 aliphatic rings. The average molecular weight is 406 g/mol. The third-order valence-corrected chi connectivity index (χ3v) is 5.61. The van der Waals surface area contributed by atoms with E-state index >= 15 is 0 Å². The highest BCUT2D eigenvalue weighted by molar-refractivity contribution is 6.30. The number of halogens is 1.